The Morgan fingerprint density at radius 1 is 1.09 bits per heavy atom. The van der Waals surface area contributed by atoms with E-state index in [-0.39, 0.29) is 52.5 Å². The number of phenols is 1. The lowest BCUT2D eigenvalue weighted by Gasteiger charge is -2.36. The number of fused-ring (bicyclic) bond motifs is 4. The second-order valence-electron chi connectivity index (χ2n) is 12.8. The maximum atomic E-state index is 16.9. The Labute approximate surface area is 253 Å². The monoisotopic (exact) mass is 604 g/mol. The van der Waals surface area contributed by atoms with Crippen LogP contribution in [0.3, 0.4) is 0 Å². The number of aromatic nitrogens is 2. The Kier molecular flexibility index (Phi) is 6.55. The largest absolute Gasteiger partial charge is 0.508 e. The summed E-state index contributed by atoms with van der Waals surface area (Å²) in [4.78, 5) is 13.9. The number of nitrogens with zero attached hydrogens (tertiary/aromatic N) is 4. The maximum absolute atomic E-state index is 16.9. The van der Waals surface area contributed by atoms with Gasteiger partial charge in [0, 0.05) is 31.1 Å². The molecule has 2 aromatic carbocycles. The van der Waals surface area contributed by atoms with E-state index in [0.29, 0.717) is 47.7 Å². The third-order valence-corrected chi connectivity index (χ3v) is 10.2. The molecule has 4 aromatic rings. The average molecular weight is 605 g/mol. The zero-order chi connectivity index (χ0) is 30.2. The fraction of sp³-hybridized carbons (Fsp3) is 0.471. The van der Waals surface area contributed by atoms with E-state index in [4.69, 9.17) is 19.4 Å². The first-order valence-corrected chi connectivity index (χ1v) is 15.8. The van der Waals surface area contributed by atoms with Crippen molar-refractivity contribution in [2.75, 3.05) is 37.7 Å². The van der Waals surface area contributed by atoms with Crippen LogP contribution in [-0.2, 0) is 6.42 Å². The van der Waals surface area contributed by atoms with E-state index < -0.39 is 17.8 Å². The van der Waals surface area contributed by atoms with Crippen LogP contribution < -0.4 is 14.4 Å². The van der Waals surface area contributed by atoms with Crippen LogP contribution in [0.5, 0.6) is 17.5 Å². The molecule has 3 atom stereocenters. The van der Waals surface area contributed by atoms with Crippen molar-refractivity contribution >= 4 is 27.4 Å². The first-order chi connectivity index (χ1) is 21.3. The van der Waals surface area contributed by atoms with Gasteiger partial charge in [-0.2, -0.15) is 0 Å². The van der Waals surface area contributed by atoms with Crippen molar-refractivity contribution in [3.8, 4) is 28.8 Å². The molecule has 10 heteroatoms. The Bertz CT molecular complexity index is 1800. The molecule has 1 N–H and O–H groups in total. The molecule has 2 aromatic heterocycles. The van der Waals surface area contributed by atoms with Crippen LogP contribution in [-0.4, -0.2) is 70.6 Å². The standard InChI is InChI=1S/C34H35F3N4O3/c1-2-23-25(36)8-7-19-12-22(42)13-24(28(19)23)31-30(37)32-29-26(41-11-4-3-6-21(41)17-43-33(29)39-31)14-27(38-32)44-18-34-9-5-10-40(34)16-20(35)15-34/h7-8,12-14,20-21,42H,2-6,9-11,15-18H2,1H3/t20-,21+,34+/m1/s1. The van der Waals surface area contributed by atoms with Gasteiger partial charge >= 0.3 is 0 Å². The molecule has 0 spiro atoms. The molecule has 230 valence electrons. The van der Waals surface area contributed by atoms with Crippen LogP contribution >= 0.6 is 0 Å². The molecule has 0 aliphatic carbocycles. The Morgan fingerprint density at radius 2 is 1.98 bits per heavy atom. The number of phenolic OH excluding ortho intramolecular Hbond substituents is 1. The molecule has 0 radical (unpaired) electrons. The van der Waals surface area contributed by atoms with Crippen molar-refractivity contribution in [3.05, 3.63) is 47.5 Å². The van der Waals surface area contributed by atoms with Gasteiger partial charge in [-0.15, -0.1) is 0 Å². The highest BCUT2D eigenvalue weighted by Crippen LogP contribution is 2.46. The number of hydrogen-bond acceptors (Lipinski definition) is 7. The Morgan fingerprint density at radius 3 is 2.84 bits per heavy atom. The molecule has 0 amide bonds. The number of hydrogen-bond donors (Lipinski definition) is 1. The van der Waals surface area contributed by atoms with Crippen LogP contribution in [0, 0.1) is 11.6 Å². The summed E-state index contributed by atoms with van der Waals surface area (Å²) in [5.74, 6) is -0.663. The fourth-order valence-corrected chi connectivity index (χ4v) is 8.14. The summed E-state index contributed by atoms with van der Waals surface area (Å²) in [5.41, 5.74) is 1.04. The number of halogens is 3. The molecule has 4 aliphatic rings. The summed E-state index contributed by atoms with van der Waals surface area (Å²) in [5, 5.41) is 12.2. The molecule has 7 nitrogen and oxygen atoms in total. The molecule has 0 unspecified atom stereocenters. The predicted octanol–water partition coefficient (Wildman–Crippen LogP) is 6.70. The van der Waals surface area contributed by atoms with Crippen LogP contribution in [0.25, 0.3) is 32.9 Å². The van der Waals surface area contributed by atoms with E-state index in [9.17, 15) is 9.50 Å². The van der Waals surface area contributed by atoms with Gasteiger partial charge in [0.15, 0.2) is 5.82 Å². The smallest absolute Gasteiger partial charge is 0.225 e. The number of pyridine rings is 2. The maximum Gasteiger partial charge on any atom is 0.225 e. The molecular weight excluding hydrogens is 569 g/mol. The highest BCUT2D eigenvalue weighted by Gasteiger charge is 2.49. The normalized spacial score (nSPS) is 24.8. The predicted molar refractivity (Wildman–Crippen MR) is 162 cm³/mol. The van der Waals surface area contributed by atoms with Crippen LogP contribution in [0.15, 0.2) is 30.3 Å². The van der Waals surface area contributed by atoms with Gasteiger partial charge in [-0.05, 0) is 79.6 Å². The number of benzene rings is 2. The minimum Gasteiger partial charge on any atom is -0.508 e. The van der Waals surface area contributed by atoms with Crippen molar-refractivity contribution in [1.29, 1.82) is 0 Å². The summed E-state index contributed by atoms with van der Waals surface area (Å²) in [7, 11) is 0. The first-order valence-electron chi connectivity index (χ1n) is 15.8. The molecule has 8 rings (SSSR count). The van der Waals surface area contributed by atoms with Gasteiger partial charge in [-0.3, -0.25) is 4.90 Å². The first kappa shape index (κ1) is 27.7. The number of ether oxygens (including phenoxy) is 2. The SMILES string of the molecule is CCc1c(F)ccc2cc(O)cc(-c3nc4c5c(cc(OC[C@@]67CCCN6C[C@H](F)C7)nc5c3F)N3CCCC[C@H]3CO4)c12. The average Bonchev–Trinajstić information content (AvgIpc) is 3.49. The van der Waals surface area contributed by atoms with E-state index >= 15 is 8.78 Å². The lowest BCUT2D eigenvalue weighted by atomic mass is 9.94. The highest BCUT2D eigenvalue weighted by atomic mass is 19.1. The molecule has 0 bridgehead atoms. The van der Waals surface area contributed by atoms with Crippen molar-refractivity contribution in [1.82, 2.24) is 14.9 Å². The lowest BCUT2D eigenvalue weighted by molar-refractivity contribution is 0.111. The number of alkyl halides is 1. The Hall–Kier alpha value is -3.79. The van der Waals surface area contributed by atoms with Gasteiger partial charge in [0.1, 0.15) is 42.2 Å². The zero-order valence-corrected chi connectivity index (χ0v) is 24.7. The summed E-state index contributed by atoms with van der Waals surface area (Å²) < 4.78 is 59.1. The van der Waals surface area contributed by atoms with E-state index in [0.717, 1.165) is 50.9 Å². The quantitative estimate of drug-likeness (QED) is 0.272. The number of aromatic hydroxyl groups is 1. The third kappa shape index (κ3) is 4.28. The van der Waals surface area contributed by atoms with E-state index in [1.165, 1.54) is 12.1 Å². The van der Waals surface area contributed by atoms with E-state index in [2.05, 4.69) is 9.80 Å². The zero-order valence-electron chi connectivity index (χ0n) is 24.7. The summed E-state index contributed by atoms with van der Waals surface area (Å²) in [6.07, 6.45) is 4.73. The van der Waals surface area contributed by atoms with Crippen LogP contribution in [0.4, 0.5) is 18.9 Å². The third-order valence-electron chi connectivity index (χ3n) is 10.2. The lowest BCUT2D eigenvalue weighted by Crippen LogP contribution is -2.43. The Balaban J connectivity index is 1.33. The van der Waals surface area contributed by atoms with Gasteiger partial charge in [0.2, 0.25) is 11.8 Å². The molecule has 3 fully saturated rings. The number of aryl methyl sites for hydroxylation is 1. The fourth-order valence-electron chi connectivity index (χ4n) is 8.14. The molecule has 3 saturated heterocycles. The van der Waals surface area contributed by atoms with Gasteiger partial charge in [0.05, 0.1) is 22.7 Å². The van der Waals surface area contributed by atoms with Crippen molar-refractivity contribution in [2.24, 2.45) is 0 Å². The molecule has 0 saturated carbocycles. The summed E-state index contributed by atoms with van der Waals surface area (Å²) >= 11 is 0. The van der Waals surface area contributed by atoms with Crippen LogP contribution in [0.2, 0.25) is 0 Å². The van der Waals surface area contributed by atoms with E-state index in [1.807, 2.05) is 13.0 Å². The minimum atomic E-state index is -0.886. The van der Waals surface area contributed by atoms with Crippen molar-refractivity contribution in [2.45, 2.75) is 69.6 Å². The van der Waals surface area contributed by atoms with Gasteiger partial charge < -0.3 is 19.5 Å². The molecule has 44 heavy (non-hydrogen) atoms. The van der Waals surface area contributed by atoms with E-state index in [1.54, 1.807) is 12.1 Å². The van der Waals surface area contributed by atoms with Gasteiger partial charge in [-0.1, -0.05) is 13.0 Å². The summed E-state index contributed by atoms with van der Waals surface area (Å²) in [6, 6.07) is 7.84. The highest BCUT2D eigenvalue weighted by molar-refractivity contribution is 6.04. The van der Waals surface area contributed by atoms with Gasteiger partial charge in [0.25, 0.3) is 0 Å². The summed E-state index contributed by atoms with van der Waals surface area (Å²) in [6.45, 7) is 4.53. The van der Waals surface area contributed by atoms with Gasteiger partial charge in [-0.25, -0.2) is 23.1 Å². The number of piperidine rings is 1. The molecule has 4 aliphatic heterocycles. The van der Waals surface area contributed by atoms with Crippen LogP contribution in [0.1, 0.15) is 51.0 Å². The second-order valence-corrected chi connectivity index (χ2v) is 12.8. The molecule has 6 heterocycles. The molecular formula is C34H35F3N4O3. The second kappa shape index (κ2) is 10.4. The minimum absolute atomic E-state index is 0.0465. The van der Waals surface area contributed by atoms with Crippen molar-refractivity contribution < 1.29 is 27.8 Å². The number of rotatable bonds is 5. The van der Waals surface area contributed by atoms with Crippen molar-refractivity contribution in [3.63, 3.8) is 0 Å². The number of anilines is 1. The topological polar surface area (TPSA) is 71.0 Å².